The van der Waals surface area contributed by atoms with Crippen molar-refractivity contribution in [1.29, 1.82) is 0 Å². The molecule has 5 nitrogen and oxygen atoms in total. The highest BCUT2D eigenvalue weighted by atomic mass is 19.4. The lowest BCUT2D eigenvalue weighted by Crippen LogP contribution is -2.31. The van der Waals surface area contributed by atoms with E-state index in [1.165, 1.54) is 24.1 Å². The Balaban J connectivity index is 1.85. The molecule has 0 aliphatic heterocycles. The lowest BCUT2D eigenvalue weighted by atomic mass is 9.98. The van der Waals surface area contributed by atoms with Crippen LogP contribution in [0, 0.1) is 13.8 Å². The molecule has 1 amide bonds. The molecule has 0 saturated carbocycles. The largest absolute Gasteiger partial charge is 0.417 e. The minimum Gasteiger partial charge on any atom is -0.348 e. The molecule has 1 aromatic carbocycles. The summed E-state index contributed by atoms with van der Waals surface area (Å²) in [5.41, 5.74) is 1.89. The van der Waals surface area contributed by atoms with Crippen molar-refractivity contribution in [2.75, 3.05) is 0 Å². The van der Waals surface area contributed by atoms with Gasteiger partial charge in [0.25, 0.3) is 0 Å². The maximum Gasteiger partial charge on any atom is 0.417 e. The highest BCUT2D eigenvalue weighted by Crippen LogP contribution is 2.36. The molecule has 8 heteroatoms. The Kier molecular flexibility index (Phi) is 6.38. The number of rotatable bonds is 6. The van der Waals surface area contributed by atoms with Gasteiger partial charge in [-0.3, -0.25) is 4.79 Å². The number of aryl methyl sites for hydroxylation is 2. The summed E-state index contributed by atoms with van der Waals surface area (Å²) < 4.78 is 41.7. The number of hydrogen-bond donors (Lipinski definition) is 1. The fraction of sp³-hybridized carbons (Fsp3) is 0.435. The summed E-state index contributed by atoms with van der Waals surface area (Å²) in [7, 11) is 0. The molecule has 0 saturated heterocycles. The van der Waals surface area contributed by atoms with Gasteiger partial charge in [0.15, 0.2) is 5.65 Å². The second kappa shape index (κ2) is 8.69. The number of amides is 1. The third-order valence-corrected chi connectivity index (χ3v) is 5.35. The van der Waals surface area contributed by atoms with Gasteiger partial charge in [-0.05, 0) is 43.4 Å². The summed E-state index contributed by atoms with van der Waals surface area (Å²) in [6, 6.07) is 8.90. The van der Waals surface area contributed by atoms with Gasteiger partial charge < -0.3 is 5.32 Å². The molecule has 0 spiro atoms. The van der Waals surface area contributed by atoms with Crippen LogP contribution >= 0.6 is 0 Å². The van der Waals surface area contributed by atoms with Gasteiger partial charge in [0.1, 0.15) is 6.54 Å². The van der Waals surface area contributed by atoms with Crippen LogP contribution in [0.1, 0.15) is 67.2 Å². The third kappa shape index (κ3) is 4.89. The van der Waals surface area contributed by atoms with Gasteiger partial charge >= 0.3 is 6.18 Å². The molecular weight excluding hydrogens is 405 g/mol. The number of nitrogens with zero attached hydrogens (tertiary/aromatic N) is 3. The summed E-state index contributed by atoms with van der Waals surface area (Å²) in [5.74, 6) is 0.0821. The predicted molar refractivity (Wildman–Crippen MR) is 114 cm³/mol. The number of carbonyl (C=O) groups excluding carboxylic acids is 1. The van der Waals surface area contributed by atoms with Crippen LogP contribution in [-0.2, 0) is 17.5 Å². The molecule has 1 unspecified atom stereocenters. The summed E-state index contributed by atoms with van der Waals surface area (Å²) in [4.78, 5) is 17.0. The number of hydrogen-bond acceptors (Lipinski definition) is 3. The molecule has 0 radical (unpaired) electrons. The average Bonchev–Trinajstić information content (AvgIpc) is 2.99. The SMILES string of the molecule is CCC(NC(=O)Cn1nc(C)c2c(C(F)(F)F)cc(C)nc21)c1ccc(C(C)C)cc1. The van der Waals surface area contributed by atoms with Gasteiger partial charge in [-0.25, -0.2) is 9.67 Å². The van der Waals surface area contributed by atoms with Crippen LogP contribution in [0.3, 0.4) is 0 Å². The van der Waals surface area contributed by atoms with E-state index in [4.69, 9.17) is 0 Å². The average molecular weight is 432 g/mol. The highest BCUT2D eigenvalue weighted by molar-refractivity contribution is 5.85. The number of fused-ring (bicyclic) bond motifs is 1. The van der Waals surface area contributed by atoms with Gasteiger partial charge in [0.2, 0.25) is 5.91 Å². The van der Waals surface area contributed by atoms with Crippen molar-refractivity contribution in [2.24, 2.45) is 0 Å². The number of nitrogens with one attached hydrogen (secondary N) is 1. The van der Waals surface area contributed by atoms with Gasteiger partial charge in [-0.2, -0.15) is 18.3 Å². The van der Waals surface area contributed by atoms with Gasteiger partial charge in [0.05, 0.1) is 22.7 Å². The summed E-state index contributed by atoms with van der Waals surface area (Å²) in [6.07, 6.45) is -3.84. The van der Waals surface area contributed by atoms with Gasteiger partial charge in [-0.15, -0.1) is 0 Å². The van der Waals surface area contributed by atoms with Crippen LogP contribution < -0.4 is 5.32 Å². The summed E-state index contributed by atoms with van der Waals surface area (Å²) in [5, 5.41) is 7.07. The first kappa shape index (κ1) is 22.8. The first-order chi connectivity index (χ1) is 14.5. The van der Waals surface area contributed by atoms with E-state index in [-0.39, 0.29) is 40.9 Å². The second-order valence-electron chi connectivity index (χ2n) is 8.10. The molecule has 166 valence electrons. The van der Waals surface area contributed by atoms with Crippen LogP contribution in [0.25, 0.3) is 11.0 Å². The Labute approximate surface area is 179 Å². The maximum atomic E-state index is 13.5. The number of aromatic nitrogens is 3. The molecule has 0 fully saturated rings. The Hall–Kier alpha value is -2.90. The van der Waals surface area contributed by atoms with E-state index in [0.717, 1.165) is 11.6 Å². The van der Waals surface area contributed by atoms with E-state index in [1.54, 1.807) is 0 Å². The standard InChI is InChI=1S/C23H27F3N4O/c1-6-19(17-9-7-16(8-10-17)13(2)3)28-20(31)12-30-22-21(15(5)29-30)18(23(24,25)26)11-14(4)27-22/h7-11,13,19H,6,12H2,1-5H3,(H,28,31). The van der Waals surface area contributed by atoms with Crippen LogP contribution in [0.5, 0.6) is 0 Å². The highest BCUT2D eigenvalue weighted by Gasteiger charge is 2.35. The zero-order valence-electron chi connectivity index (χ0n) is 18.3. The fourth-order valence-electron chi connectivity index (χ4n) is 3.72. The molecule has 2 heterocycles. The van der Waals surface area contributed by atoms with Crippen molar-refractivity contribution in [1.82, 2.24) is 20.1 Å². The van der Waals surface area contributed by atoms with Crippen LogP contribution in [-0.4, -0.2) is 20.7 Å². The zero-order valence-corrected chi connectivity index (χ0v) is 18.3. The Bertz CT molecular complexity index is 1080. The van der Waals surface area contributed by atoms with Crippen molar-refractivity contribution in [2.45, 2.75) is 65.7 Å². The van der Waals surface area contributed by atoms with Crippen LogP contribution in [0.4, 0.5) is 13.2 Å². The number of carbonyl (C=O) groups is 1. The molecule has 31 heavy (non-hydrogen) atoms. The predicted octanol–water partition coefficient (Wildman–Crippen LogP) is 5.46. The second-order valence-corrected chi connectivity index (χ2v) is 8.10. The minimum atomic E-state index is -4.53. The van der Waals surface area contributed by atoms with Crippen molar-refractivity contribution in [3.63, 3.8) is 0 Å². The maximum absolute atomic E-state index is 13.5. The molecule has 1 N–H and O–H groups in total. The van der Waals surface area contributed by atoms with E-state index >= 15 is 0 Å². The van der Waals surface area contributed by atoms with Crippen molar-refractivity contribution in [3.05, 3.63) is 58.4 Å². The molecule has 1 atom stereocenters. The van der Waals surface area contributed by atoms with E-state index in [2.05, 4.69) is 29.2 Å². The lowest BCUT2D eigenvalue weighted by molar-refractivity contribution is -0.136. The normalized spacial score (nSPS) is 13.1. The van der Waals surface area contributed by atoms with E-state index < -0.39 is 11.7 Å². The van der Waals surface area contributed by atoms with E-state index in [1.807, 2.05) is 31.2 Å². The quantitative estimate of drug-likeness (QED) is 0.563. The number of halogens is 3. The van der Waals surface area contributed by atoms with Crippen LogP contribution in [0.2, 0.25) is 0 Å². The van der Waals surface area contributed by atoms with E-state index in [0.29, 0.717) is 12.3 Å². The molecule has 0 aliphatic rings. The molecule has 3 aromatic rings. The lowest BCUT2D eigenvalue weighted by Gasteiger charge is -2.18. The zero-order chi connectivity index (χ0) is 22.9. The van der Waals surface area contributed by atoms with Gasteiger partial charge in [0, 0.05) is 5.69 Å². The third-order valence-electron chi connectivity index (χ3n) is 5.35. The number of alkyl halides is 3. The number of benzene rings is 1. The number of pyridine rings is 1. The van der Waals surface area contributed by atoms with Crippen molar-refractivity contribution < 1.29 is 18.0 Å². The molecule has 2 aromatic heterocycles. The molecule has 0 aliphatic carbocycles. The minimum absolute atomic E-state index is 0.0642. The van der Waals surface area contributed by atoms with E-state index in [9.17, 15) is 18.0 Å². The summed E-state index contributed by atoms with van der Waals surface area (Å²) in [6.45, 7) is 8.98. The Morgan fingerprint density at radius 1 is 1.13 bits per heavy atom. The van der Waals surface area contributed by atoms with Crippen LogP contribution in [0.15, 0.2) is 30.3 Å². The summed E-state index contributed by atoms with van der Waals surface area (Å²) >= 11 is 0. The van der Waals surface area contributed by atoms with Crippen molar-refractivity contribution in [3.8, 4) is 0 Å². The topological polar surface area (TPSA) is 59.8 Å². The Morgan fingerprint density at radius 2 is 1.74 bits per heavy atom. The molecule has 0 bridgehead atoms. The molecular formula is C23H27F3N4O. The monoisotopic (exact) mass is 432 g/mol. The smallest absolute Gasteiger partial charge is 0.348 e. The first-order valence-corrected chi connectivity index (χ1v) is 10.3. The first-order valence-electron chi connectivity index (χ1n) is 10.3. The van der Waals surface area contributed by atoms with Gasteiger partial charge in [-0.1, -0.05) is 45.0 Å². The molecule has 3 rings (SSSR count). The Morgan fingerprint density at radius 3 is 2.29 bits per heavy atom. The fourth-order valence-corrected chi connectivity index (χ4v) is 3.72. The van der Waals surface area contributed by atoms with Crippen molar-refractivity contribution >= 4 is 16.9 Å².